The van der Waals surface area contributed by atoms with E-state index in [4.69, 9.17) is 14.5 Å². The largest absolute Gasteiger partial charge is 0.492 e. The number of aromatic nitrogens is 1. The minimum atomic E-state index is -3.67. The van der Waals surface area contributed by atoms with Crippen molar-refractivity contribution in [1.29, 1.82) is 0 Å². The number of nitrogens with one attached hydrogen (secondary N) is 3. The standard InChI is InChI=1S/C23H24N4O4.CH4O3S/c1-27(2)12-13-31-19-9-10-20-18(14-19)15-21(25-20)23(29)24-11-3-4-16-5-7-17(8-6-16)22(28)26-30;1-5(2,3)4/h5-10,14-15,25,30H,11-13H2,1-2H3,(H,24,29)(H,26,28);1H3,(H,2,3,4). The SMILES string of the molecule is CN(C)CCOc1ccc2[nH]c(C(=O)NCC#Cc3ccc(C(=O)NO)cc3)cc2c1.CS(=O)(=O)O. The Morgan fingerprint density at radius 2 is 1.75 bits per heavy atom. The summed E-state index contributed by atoms with van der Waals surface area (Å²) in [5.74, 6) is 5.70. The molecule has 3 aromatic rings. The normalized spacial score (nSPS) is 10.6. The van der Waals surface area contributed by atoms with Crippen molar-refractivity contribution in [3.63, 3.8) is 0 Å². The fourth-order valence-electron chi connectivity index (χ4n) is 2.80. The number of carbonyl (C=O) groups excluding carboxylic acids is 2. The smallest absolute Gasteiger partial charge is 0.274 e. The molecule has 0 unspecified atom stereocenters. The number of amides is 2. The molecule has 0 aliphatic rings. The lowest BCUT2D eigenvalue weighted by Crippen LogP contribution is -2.23. The van der Waals surface area contributed by atoms with Crippen molar-refractivity contribution >= 4 is 32.8 Å². The minimum absolute atomic E-state index is 0.173. The summed E-state index contributed by atoms with van der Waals surface area (Å²) in [4.78, 5) is 28.8. The van der Waals surface area contributed by atoms with E-state index in [9.17, 15) is 18.0 Å². The Hall–Kier alpha value is -3.89. The molecule has 0 saturated carbocycles. The van der Waals surface area contributed by atoms with Gasteiger partial charge in [0.25, 0.3) is 21.9 Å². The van der Waals surface area contributed by atoms with Crippen molar-refractivity contribution in [2.24, 2.45) is 0 Å². The molecule has 0 aliphatic carbocycles. The van der Waals surface area contributed by atoms with Crippen molar-refractivity contribution in [3.8, 4) is 17.6 Å². The van der Waals surface area contributed by atoms with Gasteiger partial charge in [0.05, 0.1) is 12.8 Å². The van der Waals surface area contributed by atoms with Crippen molar-refractivity contribution in [2.75, 3.05) is 40.0 Å². The number of benzene rings is 2. The van der Waals surface area contributed by atoms with E-state index in [0.29, 0.717) is 29.7 Å². The lowest BCUT2D eigenvalue weighted by molar-refractivity contribution is 0.0706. The first-order chi connectivity index (χ1) is 17.0. The van der Waals surface area contributed by atoms with Gasteiger partial charge < -0.3 is 19.9 Å². The predicted octanol–water partition coefficient (Wildman–Crippen LogP) is 1.51. The summed E-state index contributed by atoms with van der Waals surface area (Å²) in [6.45, 7) is 1.58. The van der Waals surface area contributed by atoms with Crippen LogP contribution >= 0.6 is 0 Å². The van der Waals surface area contributed by atoms with Crippen LogP contribution in [0, 0.1) is 11.8 Å². The van der Waals surface area contributed by atoms with E-state index in [1.54, 1.807) is 35.8 Å². The molecule has 3 rings (SSSR count). The third-order valence-electron chi connectivity index (χ3n) is 4.46. The van der Waals surface area contributed by atoms with Gasteiger partial charge in [-0.05, 0) is 62.6 Å². The molecule has 192 valence electrons. The molecule has 0 bridgehead atoms. The number of fused-ring (bicyclic) bond motifs is 1. The second kappa shape index (κ2) is 13.3. The number of rotatable bonds is 7. The van der Waals surface area contributed by atoms with E-state index >= 15 is 0 Å². The fourth-order valence-corrected chi connectivity index (χ4v) is 2.80. The van der Waals surface area contributed by atoms with Crippen LogP contribution in [0.3, 0.4) is 0 Å². The Labute approximate surface area is 209 Å². The van der Waals surface area contributed by atoms with Crippen LogP contribution < -0.4 is 15.5 Å². The zero-order valence-corrected chi connectivity index (χ0v) is 20.8. The highest BCUT2D eigenvalue weighted by molar-refractivity contribution is 7.85. The second-order valence-corrected chi connectivity index (χ2v) is 9.29. The molecule has 0 fully saturated rings. The number of hydroxylamine groups is 1. The van der Waals surface area contributed by atoms with Gasteiger partial charge in [0.15, 0.2) is 0 Å². The average Bonchev–Trinajstić information content (AvgIpc) is 3.24. The van der Waals surface area contributed by atoms with Crippen LogP contribution in [0.25, 0.3) is 10.9 Å². The lowest BCUT2D eigenvalue weighted by atomic mass is 10.1. The van der Waals surface area contributed by atoms with Crippen LogP contribution in [-0.2, 0) is 10.1 Å². The average molecular weight is 517 g/mol. The van der Waals surface area contributed by atoms with Gasteiger partial charge >= 0.3 is 0 Å². The summed E-state index contributed by atoms with van der Waals surface area (Å²) in [6.07, 6.45) is 0.715. The Morgan fingerprint density at radius 1 is 1.08 bits per heavy atom. The zero-order valence-electron chi connectivity index (χ0n) is 20.0. The number of likely N-dealkylation sites (N-methyl/N-ethyl adjacent to an activating group) is 1. The maximum absolute atomic E-state index is 12.4. The van der Waals surface area contributed by atoms with Crippen molar-refractivity contribution in [3.05, 3.63) is 65.4 Å². The number of hydrogen-bond acceptors (Lipinski definition) is 7. The Balaban J connectivity index is 0.000000830. The summed E-state index contributed by atoms with van der Waals surface area (Å²) in [7, 11) is 0.311. The van der Waals surface area contributed by atoms with Crippen molar-refractivity contribution in [1.82, 2.24) is 20.7 Å². The highest BCUT2D eigenvalue weighted by Crippen LogP contribution is 2.21. The van der Waals surface area contributed by atoms with E-state index < -0.39 is 16.0 Å². The Kier molecular flexibility index (Phi) is 10.4. The molecule has 1 heterocycles. The van der Waals surface area contributed by atoms with E-state index in [0.717, 1.165) is 23.2 Å². The summed E-state index contributed by atoms with van der Waals surface area (Å²) < 4.78 is 31.6. The van der Waals surface area contributed by atoms with Crippen LogP contribution in [0.4, 0.5) is 0 Å². The summed E-state index contributed by atoms with van der Waals surface area (Å²) in [5.41, 5.74) is 3.88. The van der Waals surface area contributed by atoms with E-state index in [-0.39, 0.29) is 12.5 Å². The van der Waals surface area contributed by atoms with E-state index in [2.05, 4.69) is 22.1 Å². The molecule has 12 heteroatoms. The summed E-state index contributed by atoms with van der Waals surface area (Å²) in [6, 6.07) is 13.9. The van der Waals surface area contributed by atoms with Crippen LogP contribution in [0.5, 0.6) is 5.75 Å². The molecule has 36 heavy (non-hydrogen) atoms. The van der Waals surface area contributed by atoms with Crippen LogP contribution in [0.15, 0.2) is 48.5 Å². The summed E-state index contributed by atoms with van der Waals surface area (Å²) in [5, 5.41) is 12.3. The molecule has 0 aliphatic heterocycles. The molecule has 2 amide bonds. The van der Waals surface area contributed by atoms with Gasteiger partial charge in [-0.3, -0.25) is 19.3 Å². The van der Waals surface area contributed by atoms with Gasteiger partial charge in [0.1, 0.15) is 18.1 Å². The van der Waals surface area contributed by atoms with Gasteiger partial charge in [-0.15, -0.1) is 0 Å². The molecule has 0 radical (unpaired) electrons. The summed E-state index contributed by atoms with van der Waals surface area (Å²) >= 11 is 0. The molecule has 5 N–H and O–H groups in total. The zero-order chi connectivity index (χ0) is 26.7. The number of aromatic amines is 1. The molecular formula is C24H28N4O7S. The quantitative estimate of drug-likeness (QED) is 0.137. The molecular weight excluding hydrogens is 488 g/mol. The third kappa shape index (κ3) is 10.2. The maximum Gasteiger partial charge on any atom is 0.274 e. The number of carbonyl (C=O) groups is 2. The Morgan fingerprint density at radius 3 is 2.36 bits per heavy atom. The van der Waals surface area contributed by atoms with Gasteiger partial charge in [-0.1, -0.05) is 11.8 Å². The maximum atomic E-state index is 12.4. The minimum Gasteiger partial charge on any atom is -0.492 e. The first kappa shape index (κ1) is 28.3. The third-order valence-corrected chi connectivity index (χ3v) is 4.46. The molecule has 11 nitrogen and oxygen atoms in total. The highest BCUT2D eigenvalue weighted by atomic mass is 32.2. The molecule has 0 atom stereocenters. The lowest BCUT2D eigenvalue weighted by Gasteiger charge is -2.10. The second-order valence-electron chi connectivity index (χ2n) is 7.82. The number of hydrogen-bond donors (Lipinski definition) is 5. The van der Waals surface area contributed by atoms with Gasteiger partial charge in [-0.2, -0.15) is 8.42 Å². The van der Waals surface area contributed by atoms with E-state index in [1.165, 1.54) is 0 Å². The van der Waals surface area contributed by atoms with Gasteiger partial charge in [-0.25, -0.2) is 5.48 Å². The van der Waals surface area contributed by atoms with Crippen LogP contribution in [0.2, 0.25) is 0 Å². The van der Waals surface area contributed by atoms with Crippen LogP contribution in [-0.4, -0.2) is 79.9 Å². The van der Waals surface area contributed by atoms with Gasteiger partial charge in [0.2, 0.25) is 0 Å². The fraction of sp³-hybridized carbons (Fsp3) is 0.250. The molecule has 1 aromatic heterocycles. The first-order valence-corrected chi connectivity index (χ1v) is 12.5. The van der Waals surface area contributed by atoms with Crippen molar-refractivity contribution in [2.45, 2.75) is 0 Å². The van der Waals surface area contributed by atoms with Gasteiger partial charge in [0, 0.05) is 28.6 Å². The topological polar surface area (TPSA) is 161 Å². The predicted molar refractivity (Wildman–Crippen MR) is 135 cm³/mol. The number of H-pyrrole nitrogens is 1. The molecule has 0 spiro atoms. The monoisotopic (exact) mass is 516 g/mol. The highest BCUT2D eigenvalue weighted by Gasteiger charge is 2.09. The molecule has 2 aromatic carbocycles. The number of ether oxygens (including phenoxy) is 1. The Bertz CT molecular complexity index is 1350. The number of nitrogens with zero attached hydrogens (tertiary/aromatic N) is 1. The van der Waals surface area contributed by atoms with Crippen LogP contribution in [0.1, 0.15) is 26.4 Å². The first-order valence-electron chi connectivity index (χ1n) is 10.6. The van der Waals surface area contributed by atoms with Crippen molar-refractivity contribution < 1.29 is 32.5 Å². The van der Waals surface area contributed by atoms with E-state index in [1.807, 2.05) is 37.2 Å². The molecule has 0 saturated heterocycles.